The molecular weight excluding hydrogens is 240 g/mol. The summed E-state index contributed by atoms with van der Waals surface area (Å²) in [5, 5.41) is 8.42. The summed E-state index contributed by atoms with van der Waals surface area (Å²) in [6, 6.07) is 3.33. The van der Waals surface area contributed by atoms with Crippen LogP contribution in [0.3, 0.4) is 0 Å². The van der Waals surface area contributed by atoms with E-state index < -0.39 is 6.04 Å². The van der Waals surface area contributed by atoms with E-state index in [4.69, 9.17) is 10.3 Å². The molecule has 92 valence electrons. The van der Waals surface area contributed by atoms with Crippen molar-refractivity contribution in [1.82, 2.24) is 5.32 Å². The average molecular weight is 254 g/mol. The van der Waals surface area contributed by atoms with Crippen molar-refractivity contribution < 1.29 is 9.53 Å². The molecule has 7 heteroatoms. The maximum absolute atomic E-state index is 11.6. The standard InChI is InChI=1S/C10H14N4O2S/c1-16-10(15)9(8-4-2-7-17-8)12-5-3-6-13-14-11/h2,4,7,9,12H,3,5-6H2,1H3. The van der Waals surface area contributed by atoms with Crippen molar-refractivity contribution in [2.45, 2.75) is 12.5 Å². The number of nitrogens with zero attached hydrogens (tertiary/aromatic N) is 3. The van der Waals surface area contributed by atoms with E-state index in [2.05, 4.69) is 15.3 Å². The highest BCUT2D eigenvalue weighted by Gasteiger charge is 2.21. The zero-order chi connectivity index (χ0) is 12.5. The second-order valence-electron chi connectivity index (χ2n) is 3.23. The first-order valence-corrected chi connectivity index (χ1v) is 6.03. The Morgan fingerprint density at radius 3 is 3.18 bits per heavy atom. The van der Waals surface area contributed by atoms with Crippen LogP contribution in [0, 0.1) is 0 Å². The van der Waals surface area contributed by atoms with Crippen LogP contribution in [0.5, 0.6) is 0 Å². The molecule has 0 aromatic carbocycles. The molecule has 1 aromatic rings. The van der Waals surface area contributed by atoms with Crippen molar-refractivity contribution in [1.29, 1.82) is 0 Å². The Hall–Kier alpha value is -1.56. The van der Waals surface area contributed by atoms with Crippen LogP contribution in [-0.2, 0) is 9.53 Å². The molecule has 6 nitrogen and oxygen atoms in total. The lowest BCUT2D eigenvalue weighted by Crippen LogP contribution is -2.30. The van der Waals surface area contributed by atoms with Gasteiger partial charge in [-0.15, -0.1) is 11.3 Å². The number of esters is 1. The Morgan fingerprint density at radius 2 is 2.59 bits per heavy atom. The topological polar surface area (TPSA) is 87.1 Å². The van der Waals surface area contributed by atoms with Crippen LogP contribution < -0.4 is 5.32 Å². The summed E-state index contributed by atoms with van der Waals surface area (Å²) in [6.07, 6.45) is 0.683. The van der Waals surface area contributed by atoms with E-state index in [1.54, 1.807) is 0 Å². The summed E-state index contributed by atoms with van der Waals surface area (Å²) in [7, 11) is 1.37. The highest BCUT2D eigenvalue weighted by Crippen LogP contribution is 2.19. The smallest absolute Gasteiger partial charge is 0.328 e. The van der Waals surface area contributed by atoms with Gasteiger partial charge in [0.05, 0.1) is 7.11 Å². The van der Waals surface area contributed by atoms with Gasteiger partial charge >= 0.3 is 5.97 Å². The minimum atomic E-state index is -0.439. The minimum absolute atomic E-state index is 0.309. The monoisotopic (exact) mass is 254 g/mol. The van der Waals surface area contributed by atoms with Gasteiger partial charge in [0.15, 0.2) is 0 Å². The summed E-state index contributed by atoms with van der Waals surface area (Å²) in [5.41, 5.74) is 8.12. The Balaban J connectivity index is 2.48. The number of carbonyl (C=O) groups is 1. The van der Waals surface area contributed by atoms with Crippen LogP contribution in [0.15, 0.2) is 22.6 Å². The quantitative estimate of drug-likeness (QED) is 0.266. The highest BCUT2D eigenvalue weighted by molar-refractivity contribution is 7.10. The van der Waals surface area contributed by atoms with Gasteiger partial charge in [-0.2, -0.15) is 0 Å². The maximum Gasteiger partial charge on any atom is 0.328 e. The minimum Gasteiger partial charge on any atom is -0.468 e. The largest absolute Gasteiger partial charge is 0.468 e. The number of ether oxygens (including phenoxy) is 1. The summed E-state index contributed by atoms with van der Waals surface area (Å²) >= 11 is 1.50. The molecule has 0 fully saturated rings. The zero-order valence-electron chi connectivity index (χ0n) is 9.50. The number of methoxy groups -OCH3 is 1. The predicted octanol–water partition coefficient (Wildman–Crippen LogP) is 2.25. The Morgan fingerprint density at radius 1 is 1.76 bits per heavy atom. The number of thiophene rings is 1. The van der Waals surface area contributed by atoms with Crippen molar-refractivity contribution in [2.75, 3.05) is 20.2 Å². The molecule has 0 amide bonds. The van der Waals surface area contributed by atoms with Crippen molar-refractivity contribution >= 4 is 17.3 Å². The molecule has 1 atom stereocenters. The predicted molar refractivity (Wildman–Crippen MR) is 65.7 cm³/mol. The third-order valence-electron chi connectivity index (χ3n) is 2.11. The number of azide groups is 1. The van der Waals surface area contributed by atoms with E-state index in [-0.39, 0.29) is 5.97 Å². The first kappa shape index (κ1) is 13.5. The molecule has 0 radical (unpaired) electrons. The van der Waals surface area contributed by atoms with Crippen LogP contribution in [-0.4, -0.2) is 26.2 Å². The number of carbonyl (C=O) groups excluding carboxylic acids is 1. The highest BCUT2D eigenvalue weighted by atomic mass is 32.1. The molecule has 1 aromatic heterocycles. The van der Waals surface area contributed by atoms with E-state index in [1.807, 2.05) is 17.5 Å². The molecule has 17 heavy (non-hydrogen) atoms. The van der Waals surface area contributed by atoms with Crippen molar-refractivity contribution in [3.63, 3.8) is 0 Å². The lowest BCUT2D eigenvalue weighted by atomic mass is 10.2. The SMILES string of the molecule is COC(=O)C(NCCCN=[N+]=[N-])c1cccs1. The first-order valence-electron chi connectivity index (χ1n) is 5.15. The lowest BCUT2D eigenvalue weighted by Gasteiger charge is -2.14. The summed E-state index contributed by atoms with van der Waals surface area (Å²) in [6.45, 7) is 1.01. The fraction of sp³-hybridized carbons (Fsp3) is 0.500. The second kappa shape index (κ2) is 7.67. The molecule has 1 rings (SSSR count). The fourth-order valence-corrected chi connectivity index (χ4v) is 2.10. The number of hydrogen-bond donors (Lipinski definition) is 1. The van der Waals surface area contributed by atoms with Gasteiger partial charge in [0, 0.05) is 16.3 Å². The molecular formula is C10H14N4O2S. The average Bonchev–Trinajstić information content (AvgIpc) is 2.86. The van der Waals surface area contributed by atoms with E-state index in [0.29, 0.717) is 19.5 Å². The molecule has 0 saturated carbocycles. The Labute approximate surface area is 103 Å². The van der Waals surface area contributed by atoms with Gasteiger partial charge in [0.2, 0.25) is 0 Å². The number of hydrogen-bond acceptors (Lipinski definition) is 5. The van der Waals surface area contributed by atoms with E-state index >= 15 is 0 Å². The van der Waals surface area contributed by atoms with E-state index in [9.17, 15) is 4.79 Å². The number of rotatable bonds is 7. The molecule has 1 heterocycles. The van der Waals surface area contributed by atoms with Gasteiger partial charge < -0.3 is 10.1 Å². The molecule has 0 aliphatic heterocycles. The van der Waals surface area contributed by atoms with Gasteiger partial charge in [-0.05, 0) is 29.9 Å². The summed E-state index contributed by atoms with van der Waals surface area (Å²) in [5.74, 6) is -0.309. The molecule has 0 aliphatic carbocycles. The third-order valence-corrected chi connectivity index (χ3v) is 3.05. The van der Waals surface area contributed by atoms with Crippen LogP contribution in [0.1, 0.15) is 17.3 Å². The number of nitrogens with one attached hydrogen (secondary N) is 1. The van der Waals surface area contributed by atoms with Crippen LogP contribution in [0.2, 0.25) is 0 Å². The summed E-state index contributed by atoms with van der Waals surface area (Å²) in [4.78, 5) is 15.1. The molecule has 0 bridgehead atoms. The molecule has 0 saturated heterocycles. The van der Waals surface area contributed by atoms with Gasteiger partial charge in [0.25, 0.3) is 0 Å². The van der Waals surface area contributed by atoms with Crippen LogP contribution in [0.4, 0.5) is 0 Å². The van der Waals surface area contributed by atoms with Crippen molar-refractivity contribution in [3.05, 3.63) is 32.8 Å². The lowest BCUT2D eigenvalue weighted by molar-refractivity contribution is -0.143. The van der Waals surface area contributed by atoms with Gasteiger partial charge in [0.1, 0.15) is 6.04 Å². The molecule has 0 aliphatic rings. The summed E-state index contributed by atoms with van der Waals surface area (Å²) < 4.78 is 4.74. The maximum atomic E-state index is 11.6. The van der Waals surface area contributed by atoms with Crippen molar-refractivity contribution in [3.8, 4) is 0 Å². The van der Waals surface area contributed by atoms with Crippen molar-refractivity contribution in [2.24, 2.45) is 5.11 Å². The molecule has 0 spiro atoms. The molecule has 1 unspecified atom stereocenters. The van der Waals surface area contributed by atoms with Gasteiger partial charge in [-0.3, -0.25) is 0 Å². The van der Waals surface area contributed by atoms with Crippen LogP contribution >= 0.6 is 11.3 Å². The van der Waals surface area contributed by atoms with Gasteiger partial charge in [-0.25, -0.2) is 4.79 Å². The fourth-order valence-electron chi connectivity index (χ4n) is 1.31. The Bertz CT molecular complexity index is 387. The third kappa shape index (κ3) is 4.44. The normalized spacial score (nSPS) is 11.6. The van der Waals surface area contributed by atoms with Gasteiger partial charge in [-0.1, -0.05) is 11.2 Å². The Kier molecular flexibility index (Phi) is 6.09. The molecule has 1 N–H and O–H groups in total. The van der Waals surface area contributed by atoms with Crippen LogP contribution in [0.25, 0.3) is 10.4 Å². The zero-order valence-corrected chi connectivity index (χ0v) is 10.3. The first-order chi connectivity index (χ1) is 8.29. The van der Waals surface area contributed by atoms with E-state index in [1.165, 1.54) is 18.4 Å². The second-order valence-corrected chi connectivity index (χ2v) is 4.21. The van der Waals surface area contributed by atoms with E-state index in [0.717, 1.165) is 4.88 Å².